The summed E-state index contributed by atoms with van der Waals surface area (Å²) in [6.07, 6.45) is 3.68. The van der Waals surface area contributed by atoms with E-state index in [2.05, 4.69) is 14.9 Å². The minimum absolute atomic E-state index is 0.110. The fourth-order valence-electron chi connectivity index (χ4n) is 2.39. The van der Waals surface area contributed by atoms with Gasteiger partial charge in [-0.3, -0.25) is 9.69 Å². The van der Waals surface area contributed by atoms with Gasteiger partial charge >= 0.3 is 0 Å². The number of halogens is 1. The Morgan fingerprint density at radius 3 is 3.14 bits per heavy atom. The van der Waals surface area contributed by atoms with Crippen molar-refractivity contribution in [3.8, 4) is 0 Å². The number of benzene rings is 1. The zero-order chi connectivity index (χ0) is 14.8. The second-order valence-electron chi connectivity index (χ2n) is 5.03. The first-order chi connectivity index (χ1) is 10.1. The normalized spacial score (nSPS) is 14.7. The first-order valence-corrected chi connectivity index (χ1v) is 6.69. The Kier molecular flexibility index (Phi) is 3.57. The smallest absolute Gasteiger partial charge is 0.238 e. The maximum Gasteiger partial charge on any atom is 0.238 e. The van der Waals surface area contributed by atoms with E-state index in [1.54, 1.807) is 6.20 Å². The van der Waals surface area contributed by atoms with Crippen LogP contribution in [-0.4, -0.2) is 33.4 Å². The number of hydrogen-bond donors (Lipinski definition) is 2. The zero-order valence-corrected chi connectivity index (χ0v) is 11.4. The van der Waals surface area contributed by atoms with Gasteiger partial charge in [0.05, 0.1) is 18.8 Å². The molecule has 0 aliphatic carbocycles. The Labute approximate surface area is 121 Å². The molecule has 0 saturated carbocycles. The average molecular weight is 289 g/mol. The molecule has 0 spiro atoms. The van der Waals surface area contributed by atoms with E-state index in [-0.39, 0.29) is 18.1 Å². The lowest BCUT2D eigenvalue weighted by Crippen LogP contribution is -2.39. The lowest BCUT2D eigenvalue weighted by atomic mass is 10.2. The SMILES string of the molecule is Nc1ccc(F)c(NC(=O)CN2CCn3ccnc3C2)c1. The molecule has 6 nitrogen and oxygen atoms in total. The third kappa shape index (κ3) is 3.03. The molecule has 3 rings (SSSR count). The molecule has 7 heteroatoms. The molecular formula is C14H16FN5O. The van der Waals surface area contributed by atoms with E-state index in [4.69, 9.17) is 5.73 Å². The number of imidazole rings is 1. The van der Waals surface area contributed by atoms with E-state index < -0.39 is 5.82 Å². The number of nitrogens with two attached hydrogens (primary N) is 1. The van der Waals surface area contributed by atoms with Gasteiger partial charge < -0.3 is 15.6 Å². The largest absolute Gasteiger partial charge is 0.399 e. The van der Waals surface area contributed by atoms with Gasteiger partial charge in [0.1, 0.15) is 11.6 Å². The molecule has 1 aliphatic heterocycles. The number of anilines is 2. The van der Waals surface area contributed by atoms with E-state index in [0.29, 0.717) is 12.2 Å². The van der Waals surface area contributed by atoms with Gasteiger partial charge in [0.2, 0.25) is 5.91 Å². The first-order valence-electron chi connectivity index (χ1n) is 6.69. The molecule has 0 radical (unpaired) electrons. The molecule has 1 aliphatic rings. The highest BCUT2D eigenvalue weighted by atomic mass is 19.1. The van der Waals surface area contributed by atoms with Crippen LogP contribution in [-0.2, 0) is 17.9 Å². The van der Waals surface area contributed by atoms with E-state index >= 15 is 0 Å². The summed E-state index contributed by atoms with van der Waals surface area (Å²) in [6, 6.07) is 4.11. The van der Waals surface area contributed by atoms with Crippen molar-refractivity contribution >= 4 is 17.3 Å². The van der Waals surface area contributed by atoms with Gasteiger partial charge in [-0.2, -0.15) is 0 Å². The van der Waals surface area contributed by atoms with E-state index in [9.17, 15) is 9.18 Å². The van der Waals surface area contributed by atoms with Crippen LogP contribution in [0.15, 0.2) is 30.6 Å². The number of rotatable bonds is 3. The molecule has 0 unspecified atom stereocenters. The van der Waals surface area contributed by atoms with Crippen molar-refractivity contribution in [1.82, 2.24) is 14.5 Å². The number of aromatic nitrogens is 2. The highest BCUT2D eigenvalue weighted by Crippen LogP contribution is 2.17. The number of nitrogens with one attached hydrogen (secondary N) is 1. The van der Waals surface area contributed by atoms with Crippen LogP contribution in [0.5, 0.6) is 0 Å². The first kappa shape index (κ1) is 13.6. The molecule has 1 amide bonds. The van der Waals surface area contributed by atoms with Crippen LogP contribution in [0.1, 0.15) is 5.82 Å². The van der Waals surface area contributed by atoms with Gasteiger partial charge in [0.15, 0.2) is 0 Å². The number of nitrogen functional groups attached to an aromatic ring is 1. The van der Waals surface area contributed by atoms with Crippen LogP contribution >= 0.6 is 0 Å². The van der Waals surface area contributed by atoms with E-state index in [0.717, 1.165) is 18.9 Å². The van der Waals surface area contributed by atoms with Gasteiger partial charge in [-0.1, -0.05) is 0 Å². The minimum Gasteiger partial charge on any atom is -0.399 e. The molecule has 0 bridgehead atoms. The van der Waals surface area contributed by atoms with Crippen LogP contribution in [0.2, 0.25) is 0 Å². The van der Waals surface area contributed by atoms with Crippen molar-refractivity contribution < 1.29 is 9.18 Å². The van der Waals surface area contributed by atoms with Crippen LogP contribution in [0.4, 0.5) is 15.8 Å². The predicted octanol–water partition coefficient (Wildman–Crippen LogP) is 1.06. The molecule has 110 valence electrons. The highest BCUT2D eigenvalue weighted by molar-refractivity contribution is 5.92. The fourth-order valence-corrected chi connectivity index (χ4v) is 2.39. The maximum absolute atomic E-state index is 13.6. The standard InChI is InChI=1S/C14H16FN5O/c15-11-2-1-10(16)7-12(11)18-14(21)9-19-5-6-20-4-3-17-13(20)8-19/h1-4,7H,5-6,8-9,16H2,(H,18,21). The Balaban J connectivity index is 1.61. The number of hydrogen-bond acceptors (Lipinski definition) is 4. The summed E-state index contributed by atoms with van der Waals surface area (Å²) in [4.78, 5) is 18.2. The minimum atomic E-state index is -0.494. The van der Waals surface area contributed by atoms with Crippen LogP contribution in [0, 0.1) is 5.82 Å². The molecule has 0 saturated heterocycles. The van der Waals surface area contributed by atoms with Gasteiger partial charge in [-0.25, -0.2) is 9.37 Å². The maximum atomic E-state index is 13.6. The Bertz CT molecular complexity index is 669. The van der Waals surface area contributed by atoms with Crippen LogP contribution in [0.3, 0.4) is 0 Å². The number of amides is 1. The average Bonchev–Trinajstić information content (AvgIpc) is 2.90. The number of nitrogens with zero attached hydrogens (tertiary/aromatic N) is 3. The predicted molar refractivity (Wildman–Crippen MR) is 76.9 cm³/mol. The molecule has 21 heavy (non-hydrogen) atoms. The Morgan fingerprint density at radius 2 is 2.29 bits per heavy atom. The van der Waals surface area contributed by atoms with Crippen LogP contribution < -0.4 is 11.1 Å². The van der Waals surface area contributed by atoms with E-state index in [1.807, 2.05) is 11.1 Å². The monoisotopic (exact) mass is 289 g/mol. The molecule has 2 heterocycles. The van der Waals surface area contributed by atoms with Crippen molar-refractivity contribution in [3.05, 3.63) is 42.2 Å². The van der Waals surface area contributed by atoms with Crippen molar-refractivity contribution in [1.29, 1.82) is 0 Å². The summed E-state index contributed by atoms with van der Waals surface area (Å²) in [7, 11) is 0. The lowest BCUT2D eigenvalue weighted by molar-refractivity contribution is -0.117. The Hall–Kier alpha value is -2.41. The summed E-state index contributed by atoms with van der Waals surface area (Å²) in [6.45, 7) is 2.37. The quantitative estimate of drug-likeness (QED) is 0.828. The summed E-state index contributed by atoms with van der Waals surface area (Å²) in [5, 5.41) is 2.55. The van der Waals surface area contributed by atoms with Crippen LogP contribution in [0.25, 0.3) is 0 Å². The third-order valence-electron chi connectivity index (χ3n) is 3.46. The topological polar surface area (TPSA) is 76.2 Å². The van der Waals surface area contributed by atoms with Gasteiger partial charge in [0.25, 0.3) is 0 Å². The van der Waals surface area contributed by atoms with Gasteiger partial charge in [-0.15, -0.1) is 0 Å². The van der Waals surface area contributed by atoms with Crippen molar-refractivity contribution in [2.24, 2.45) is 0 Å². The summed E-state index contributed by atoms with van der Waals surface area (Å²) >= 11 is 0. The second kappa shape index (κ2) is 5.53. The molecule has 1 aromatic heterocycles. The molecule has 2 aromatic rings. The summed E-state index contributed by atoms with van der Waals surface area (Å²) < 4.78 is 15.6. The molecular weight excluding hydrogens is 273 g/mol. The number of carbonyl (C=O) groups is 1. The molecule has 3 N–H and O–H groups in total. The summed E-state index contributed by atoms with van der Waals surface area (Å²) in [5.41, 5.74) is 6.11. The summed E-state index contributed by atoms with van der Waals surface area (Å²) in [5.74, 6) is 0.176. The third-order valence-corrected chi connectivity index (χ3v) is 3.46. The van der Waals surface area contributed by atoms with Crippen molar-refractivity contribution in [2.75, 3.05) is 24.1 Å². The van der Waals surface area contributed by atoms with E-state index in [1.165, 1.54) is 18.2 Å². The second-order valence-corrected chi connectivity index (χ2v) is 5.03. The molecule has 0 atom stereocenters. The fraction of sp³-hybridized carbons (Fsp3) is 0.286. The molecule has 1 aromatic carbocycles. The number of fused-ring (bicyclic) bond motifs is 1. The molecule has 0 fully saturated rings. The zero-order valence-electron chi connectivity index (χ0n) is 11.4. The Morgan fingerprint density at radius 1 is 1.43 bits per heavy atom. The van der Waals surface area contributed by atoms with Gasteiger partial charge in [-0.05, 0) is 18.2 Å². The van der Waals surface area contributed by atoms with Gasteiger partial charge in [0, 0.05) is 31.2 Å². The van der Waals surface area contributed by atoms with Crippen molar-refractivity contribution in [2.45, 2.75) is 13.1 Å². The van der Waals surface area contributed by atoms with Crippen molar-refractivity contribution in [3.63, 3.8) is 0 Å². The lowest BCUT2D eigenvalue weighted by Gasteiger charge is -2.26. The number of carbonyl (C=O) groups excluding carboxylic acids is 1. The highest BCUT2D eigenvalue weighted by Gasteiger charge is 2.19.